The molecule has 0 radical (unpaired) electrons. The Kier molecular flexibility index (Phi) is 4.25. The second-order valence-electron chi connectivity index (χ2n) is 6.67. The Hall–Kier alpha value is -2.27. The van der Waals surface area contributed by atoms with E-state index in [-0.39, 0.29) is 11.3 Å². The summed E-state index contributed by atoms with van der Waals surface area (Å²) in [6, 6.07) is 9.61. The van der Waals surface area contributed by atoms with E-state index in [2.05, 4.69) is 22.1 Å². The topological polar surface area (TPSA) is 51.5 Å². The third-order valence-corrected chi connectivity index (χ3v) is 5.92. The monoisotopic (exact) mass is 355 g/mol. The Morgan fingerprint density at radius 2 is 2.16 bits per heavy atom. The average molecular weight is 355 g/mol. The van der Waals surface area contributed by atoms with Crippen molar-refractivity contribution in [3.8, 4) is 5.75 Å². The van der Waals surface area contributed by atoms with Gasteiger partial charge in [0.1, 0.15) is 0 Å². The Morgan fingerprint density at radius 3 is 2.88 bits per heavy atom. The quantitative estimate of drug-likeness (QED) is 0.719. The van der Waals surface area contributed by atoms with E-state index in [4.69, 9.17) is 9.15 Å². The minimum atomic E-state index is -0.167. The maximum Gasteiger partial charge on any atom is 0.287 e. The minimum absolute atomic E-state index is 0.0688. The van der Waals surface area contributed by atoms with E-state index in [0.717, 1.165) is 18.2 Å². The molecular formula is C20H21NO3S. The Balaban J connectivity index is 1.54. The van der Waals surface area contributed by atoms with Gasteiger partial charge in [-0.3, -0.25) is 4.79 Å². The Morgan fingerprint density at radius 1 is 1.32 bits per heavy atom. The number of furan rings is 1. The van der Waals surface area contributed by atoms with Gasteiger partial charge in [-0.25, -0.2) is 0 Å². The van der Waals surface area contributed by atoms with Gasteiger partial charge >= 0.3 is 0 Å². The first-order valence-electron chi connectivity index (χ1n) is 8.59. The molecule has 2 aromatic heterocycles. The maximum absolute atomic E-state index is 12.6. The van der Waals surface area contributed by atoms with Crippen molar-refractivity contribution in [1.29, 1.82) is 0 Å². The van der Waals surface area contributed by atoms with Gasteiger partial charge in [-0.2, -0.15) is 11.3 Å². The lowest BCUT2D eigenvalue weighted by molar-refractivity contribution is 0.0917. The zero-order chi connectivity index (χ0) is 17.3. The van der Waals surface area contributed by atoms with Gasteiger partial charge < -0.3 is 14.5 Å². The highest BCUT2D eigenvalue weighted by Crippen LogP contribution is 2.41. The molecular weight excluding hydrogens is 334 g/mol. The molecule has 0 atom stereocenters. The summed E-state index contributed by atoms with van der Waals surface area (Å²) in [6.45, 7) is 0.650. The number of hydrogen-bond acceptors (Lipinski definition) is 4. The van der Waals surface area contributed by atoms with E-state index in [0.29, 0.717) is 23.6 Å². The number of carbonyl (C=O) groups is 1. The Bertz CT molecular complexity index is 876. The second-order valence-corrected chi connectivity index (χ2v) is 7.45. The van der Waals surface area contributed by atoms with Gasteiger partial charge in [0, 0.05) is 17.3 Å². The van der Waals surface area contributed by atoms with Crippen LogP contribution in [0.3, 0.4) is 0 Å². The number of carbonyl (C=O) groups excluding carboxylic acids is 1. The summed E-state index contributed by atoms with van der Waals surface area (Å²) in [5.41, 5.74) is 2.03. The lowest BCUT2D eigenvalue weighted by Crippen LogP contribution is -2.38. The SMILES string of the molecule is COc1cccc2cc(C(=O)NCC3(c4ccsc4)CCCC3)oc12. The van der Waals surface area contributed by atoms with Gasteiger partial charge in [0.05, 0.1) is 7.11 Å². The molecule has 0 unspecified atom stereocenters. The van der Waals surface area contributed by atoms with E-state index in [1.54, 1.807) is 24.5 Å². The Labute approximate surface area is 150 Å². The van der Waals surface area contributed by atoms with Crippen molar-refractivity contribution < 1.29 is 13.9 Å². The number of para-hydroxylation sites is 1. The van der Waals surface area contributed by atoms with Crippen LogP contribution in [0.2, 0.25) is 0 Å². The average Bonchev–Trinajstić information content (AvgIpc) is 3.39. The molecule has 4 rings (SSSR count). The predicted molar refractivity (Wildman–Crippen MR) is 99.6 cm³/mol. The van der Waals surface area contributed by atoms with Gasteiger partial charge in [-0.05, 0) is 47.4 Å². The van der Waals surface area contributed by atoms with Crippen molar-refractivity contribution in [2.24, 2.45) is 0 Å². The van der Waals surface area contributed by atoms with Crippen molar-refractivity contribution in [3.05, 3.63) is 52.4 Å². The first-order valence-corrected chi connectivity index (χ1v) is 9.54. The van der Waals surface area contributed by atoms with E-state index >= 15 is 0 Å². The molecule has 1 fully saturated rings. The maximum atomic E-state index is 12.6. The number of hydrogen-bond donors (Lipinski definition) is 1. The fourth-order valence-electron chi connectivity index (χ4n) is 3.83. The van der Waals surface area contributed by atoms with Crippen LogP contribution in [0.25, 0.3) is 11.0 Å². The smallest absolute Gasteiger partial charge is 0.287 e. The molecule has 2 heterocycles. The molecule has 1 N–H and O–H groups in total. The van der Waals surface area contributed by atoms with Crippen LogP contribution < -0.4 is 10.1 Å². The lowest BCUT2D eigenvalue weighted by atomic mass is 9.80. The molecule has 1 saturated carbocycles. The number of thiophene rings is 1. The zero-order valence-corrected chi connectivity index (χ0v) is 15.0. The minimum Gasteiger partial charge on any atom is -0.493 e. The third-order valence-electron chi connectivity index (χ3n) is 5.23. The standard InChI is InChI=1S/C20H21NO3S/c1-23-16-6-4-5-14-11-17(24-18(14)16)19(22)21-13-20(8-2-3-9-20)15-7-10-25-12-15/h4-7,10-12H,2-3,8-9,13H2,1H3,(H,21,22). The summed E-state index contributed by atoms with van der Waals surface area (Å²) in [6.07, 6.45) is 4.68. The summed E-state index contributed by atoms with van der Waals surface area (Å²) in [4.78, 5) is 12.6. The fraction of sp³-hybridized carbons (Fsp3) is 0.350. The predicted octanol–water partition coefficient (Wildman–Crippen LogP) is 4.74. The van der Waals surface area contributed by atoms with Gasteiger partial charge in [-0.15, -0.1) is 0 Å². The fourth-order valence-corrected chi connectivity index (χ4v) is 4.61. The van der Waals surface area contributed by atoms with Crippen LogP contribution in [0.4, 0.5) is 0 Å². The highest BCUT2D eigenvalue weighted by Gasteiger charge is 2.36. The highest BCUT2D eigenvalue weighted by molar-refractivity contribution is 7.08. The summed E-state index contributed by atoms with van der Waals surface area (Å²) in [5.74, 6) is 0.805. The molecule has 25 heavy (non-hydrogen) atoms. The lowest BCUT2D eigenvalue weighted by Gasteiger charge is -2.28. The van der Waals surface area contributed by atoms with Crippen molar-refractivity contribution in [1.82, 2.24) is 5.32 Å². The first-order chi connectivity index (χ1) is 12.2. The largest absolute Gasteiger partial charge is 0.493 e. The number of nitrogens with one attached hydrogen (secondary N) is 1. The van der Waals surface area contributed by atoms with Crippen LogP contribution >= 0.6 is 11.3 Å². The number of amides is 1. The van der Waals surface area contributed by atoms with Crippen LogP contribution in [0.15, 0.2) is 45.5 Å². The molecule has 130 valence electrons. The summed E-state index contributed by atoms with van der Waals surface area (Å²) < 4.78 is 11.1. The normalized spacial score (nSPS) is 16.2. The van der Waals surface area contributed by atoms with Crippen LogP contribution in [0, 0.1) is 0 Å². The van der Waals surface area contributed by atoms with Gasteiger partial charge in [0.15, 0.2) is 17.1 Å². The second kappa shape index (κ2) is 6.56. The van der Waals surface area contributed by atoms with Gasteiger partial charge in [0.25, 0.3) is 5.91 Å². The summed E-state index contributed by atoms with van der Waals surface area (Å²) in [5, 5.41) is 8.30. The molecule has 4 nitrogen and oxygen atoms in total. The molecule has 0 bridgehead atoms. The molecule has 1 aliphatic carbocycles. The molecule has 3 aromatic rings. The number of methoxy groups -OCH3 is 1. The van der Waals surface area contributed by atoms with E-state index in [1.165, 1.54) is 18.4 Å². The molecule has 1 amide bonds. The van der Waals surface area contributed by atoms with Crippen LogP contribution in [-0.4, -0.2) is 19.6 Å². The van der Waals surface area contributed by atoms with Crippen LogP contribution in [0.1, 0.15) is 41.8 Å². The molecule has 1 aromatic carbocycles. The van der Waals surface area contributed by atoms with Gasteiger partial charge in [-0.1, -0.05) is 25.0 Å². The first kappa shape index (κ1) is 16.2. The summed E-state index contributed by atoms with van der Waals surface area (Å²) >= 11 is 1.72. The molecule has 0 saturated heterocycles. The van der Waals surface area contributed by atoms with E-state index in [9.17, 15) is 4.79 Å². The van der Waals surface area contributed by atoms with Crippen molar-refractivity contribution in [2.75, 3.05) is 13.7 Å². The number of ether oxygens (including phenoxy) is 1. The van der Waals surface area contributed by atoms with Crippen molar-refractivity contribution in [3.63, 3.8) is 0 Å². The number of benzene rings is 1. The number of rotatable bonds is 5. The van der Waals surface area contributed by atoms with E-state index in [1.807, 2.05) is 18.2 Å². The van der Waals surface area contributed by atoms with Crippen LogP contribution in [0.5, 0.6) is 5.75 Å². The summed E-state index contributed by atoms with van der Waals surface area (Å²) in [7, 11) is 1.60. The molecule has 1 aliphatic rings. The zero-order valence-electron chi connectivity index (χ0n) is 14.2. The molecule has 0 aliphatic heterocycles. The third kappa shape index (κ3) is 2.93. The van der Waals surface area contributed by atoms with E-state index < -0.39 is 0 Å². The molecule has 0 spiro atoms. The van der Waals surface area contributed by atoms with Crippen molar-refractivity contribution in [2.45, 2.75) is 31.1 Å². The molecule has 5 heteroatoms. The highest BCUT2D eigenvalue weighted by atomic mass is 32.1. The van der Waals surface area contributed by atoms with Gasteiger partial charge in [0.2, 0.25) is 0 Å². The van der Waals surface area contributed by atoms with Crippen molar-refractivity contribution >= 4 is 28.2 Å². The van der Waals surface area contributed by atoms with Crippen LogP contribution in [-0.2, 0) is 5.41 Å². The number of fused-ring (bicyclic) bond motifs is 1.